The van der Waals surface area contributed by atoms with Crippen LogP contribution in [0.15, 0.2) is 6.33 Å². The van der Waals surface area contributed by atoms with E-state index in [1.165, 1.54) is 0 Å². The van der Waals surface area contributed by atoms with E-state index < -0.39 is 0 Å². The Bertz CT molecular complexity index is 430. The number of rotatable bonds is 0. The van der Waals surface area contributed by atoms with Crippen LogP contribution in [0, 0.1) is 20.8 Å². The number of hydrogen-bond donors (Lipinski definition) is 0. The topological polar surface area (TPSA) is 43.1 Å². The summed E-state index contributed by atoms with van der Waals surface area (Å²) in [5.41, 5.74) is 3.02. The fourth-order valence-corrected chi connectivity index (χ4v) is 1.27. The Morgan fingerprint density at radius 2 is 2.00 bits per heavy atom. The van der Waals surface area contributed by atoms with Gasteiger partial charge in [-0.3, -0.25) is 0 Å². The number of hydrogen-bond acceptors (Lipinski definition) is 3. The van der Waals surface area contributed by atoms with E-state index >= 15 is 0 Å². The molecule has 0 saturated carbocycles. The van der Waals surface area contributed by atoms with Crippen molar-refractivity contribution >= 4 is 5.65 Å². The van der Waals surface area contributed by atoms with E-state index in [1.807, 2.05) is 20.8 Å². The summed E-state index contributed by atoms with van der Waals surface area (Å²) in [5, 5.41) is 4.06. The van der Waals surface area contributed by atoms with Gasteiger partial charge in [0.05, 0.1) is 0 Å². The van der Waals surface area contributed by atoms with Crippen molar-refractivity contribution in [3.8, 4) is 0 Å². The molecular weight excluding hydrogens is 152 g/mol. The molecule has 0 aliphatic rings. The quantitative estimate of drug-likeness (QED) is 0.581. The summed E-state index contributed by atoms with van der Waals surface area (Å²) in [6.45, 7) is 5.91. The van der Waals surface area contributed by atoms with Crippen molar-refractivity contribution in [1.82, 2.24) is 19.6 Å². The second kappa shape index (κ2) is 2.27. The van der Waals surface area contributed by atoms with Crippen LogP contribution < -0.4 is 0 Å². The largest absolute Gasteiger partial charge is 0.238 e. The van der Waals surface area contributed by atoms with Gasteiger partial charge in [-0.15, -0.1) is 0 Å². The molecule has 0 aliphatic heterocycles. The summed E-state index contributed by atoms with van der Waals surface area (Å²) < 4.78 is 1.75. The smallest absolute Gasteiger partial charge is 0.162 e. The van der Waals surface area contributed by atoms with E-state index in [9.17, 15) is 0 Å². The lowest BCUT2D eigenvalue weighted by atomic mass is 10.2. The number of nitrogens with zero attached hydrogens (tertiary/aromatic N) is 4. The van der Waals surface area contributed by atoms with Gasteiger partial charge in [-0.05, 0) is 20.8 Å². The van der Waals surface area contributed by atoms with Crippen molar-refractivity contribution < 1.29 is 0 Å². The van der Waals surface area contributed by atoms with Crippen LogP contribution in [0.3, 0.4) is 0 Å². The summed E-state index contributed by atoms with van der Waals surface area (Å²) in [6.07, 6.45) is 1.55. The van der Waals surface area contributed by atoms with Gasteiger partial charge in [-0.1, -0.05) is 0 Å². The fraction of sp³-hybridized carbons (Fsp3) is 0.375. The number of fused-ring (bicyclic) bond motifs is 1. The highest BCUT2D eigenvalue weighted by atomic mass is 15.3. The van der Waals surface area contributed by atoms with Crippen LogP contribution in [-0.4, -0.2) is 19.6 Å². The highest BCUT2D eigenvalue weighted by molar-refractivity contribution is 5.47. The standard InChI is InChI=1S/C8H10N4/c1-5-6(2)11-7(3)12-8(5)9-4-10-12/h4H,1-3H3. The highest BCUT2D eigenvalue weighted by Gasteiger charge is 2.05. The van der Waals surface area contributed by atoms with Crippen molar-refractivity contribution in [3.63, 3.8) is 0 Å². The lowest BCUT2D eigenvalue weighted by Crippen LogP contribution is -2.01. The molecule has 0 unspecified atom stereocenters. The van der Waals surface area contributed by atoms with Crippen molar-refractivity contribution in [2.45, 2.75) is 20.8 Å². The van der Waals surface area contributed by atoms with E-state index in [1.54, 1.807) is 10.8 Å². The van der Waals surface area contributed by atoms with Crippen LogP contribution in [-0.2, 0) is 0 Å². The highest BCUT2D eigenvalue weighted by Crippen LogP contribution is 2.10. The third kappa shape index (κ3) is 0.809. The average Bonchev–Trinajstić information content (AvgIpc) is 2.48. The number of aryl methyl sites for hydroxylation is 3. The van der Waals surface area contributed by atoms with Gasteiger partial charge in [0.25, 0.3) is 0 Å². The molecule has 62 valence electrons. The SMILES string of the molecule is Cc1nc(C)n2ncnc2c1C. The molecule has 2 aromatic rings. The summed E-state index contributed by atoms with van der Waals surface area (Å²) in [4.78, 5) is 8.49. The summed E-state index contributed by atoms with van der Waals surface area (Å²) in [7, 11) is 0. The number of aromatic nitrogens is 4. The molecule has 0 bridgehead atoms. The van der Waals surface area contributed by atoms with Crippen molar-refractivity contribution in [2.24, 2.45) is 0 Å². The summed E-state index contributed by atoms with van der Waals surface area (Å²) in [5.74, 6) is 0.880. The zero-order chi connectivity index (χ0) is 8.72. The fourth-order valence-electron chi connectivity index (χ4n) is 1.27. The zero-order valence-corrected chi connectivity index (χ0v) is 7.37. The predicted octanol–water partition coefficient (Wildman–Crippen LogP) is 1.05. The predicted molar refractivity (Wildman–Crippen MR) is 45.0 cm³/mol. The minimum atomic E-state index is 0.880. The summed E-state index contributed by atoms with van der Waals surface area (Å²) >= 11 is 0. The van der Waals surface area contributed by atoms with E-state index in [4.69, 9.17) is 0 Å². The van der Waals surface area contributed by atoms with Gasteiger partial charge in [0.2, 0.25) is 0 Å². The normalized spacial score (nSPS) is 10.9. The molecule has 0 fully saturated rings. The van der Waals surface area contributed by atoms with E-state index in [0.717, 1.165) is 22.7 Å². The zero-order valence-electron chi connectivity index (χ0n) is 7.37. The molecule has 0 atom stereocenters. The third-order valence-electron chi connectivity index (χ3n) is 2.06. The van der Waals surface area contributed by atoms with Gasteiger partial charge in [0, 0.05) is 11.3 Å². The first-order chi connectivity index (χ1) is 5.70. The summed E-state index contributed by atoms with van der Waals surface area (Å²) in [6, 6.07) is 0. The molecule has 2 heterocycles. The Hall–Kier alpha value is -1.45. The van der Waals surface area contributed by atoms with Gasteiger partial charge >= 0.3 is 0 Å². The molecule has 4 heteroatoms. The molecule has 12 heavy (non-hydrogen) atoms. The van der Waals surface area contributed by atoms with Crippen LogP contribution in [0.4, 0.5) is 0 Å². The lowest BCUT2D eigenvalue weighted by Gasteiger charge is -2.02. The minimum Gasteiger partial charge on any atom is -0.238 e. The maximum atomic E-state index is 4.33. The molecule has 4 nitrogen and oxygen atoms in total. The first-order valence-corrected chi connectivity index (χ1v) is 3.83. The van der Waals surface area contributed by atoms with Gasteiger partial charge in [0.1, 0.15) is 12.2 Å². The minimum absolute atomic E-state index is 0.880. The monoisotopic (exact) mass is 162 g/mol. The molecular formula is C8H10N4. The van der Waals surface area contributed by atoms with Crippen LogP contribution in [0.1, 0.15) is 17.1 Å². The molecule has 2 aromatic heterocycles. The van der Waals surface area contributed by atoms with Crippen LogP contribution in [0.25, 0.3) is 5.65 Å². The van der Waals surface area contributed by atoms with Crippen LogP contribution >= 0.6 is 0 Å². The second-order valence-corrected chi connectivity index (χ2v) is 2.86. The van der Waals surface area contributed by atoms with E-state index in [-0.39, 0.29) is 0 Å². The third-order valence-corrected chi connectivity index (χ3v) is 2.06. The Balaban J connectivity index is 2.97. The molecule has 0 spiro atoms. The molecule has 0 saturated heterocycles. The van der Waals surface area contributed by atoms with Crippen molar-refractivity contribution in [1.29, 1.82) is 0 Å². The van der Waals surface area contributed by atoms with Gasteiger partial charge in [0.15, 0.2) is 5.65 Å². The molecule has 2 rings (SSSR count). The van der Waals surface area contributed by atoms with Crippen LogP contribution in [0.5, 0.6) is 0 Å². The van der Waals surface area contributed by atoms with Gasteiger partial charge < -0.3 is 0 Å². The van der Waals surface area contributed by atoms with E-state index in [2.05, 4.69) is 15.1 Å². The maximum absolute atomic E-state index is 4.33. The van der Waals surface area contributed by atoms with E-state index in [0.29, 0.717) is 0 Å². The van der Waals surface area contributed by atoms with Crippen molar-refractivity contribution in [3.05, 3.63) is 23.4 Å². The lowest BCUT2D eigenvalue weighted by molar-refractivity contribution is 0.844. The molecule has 0 aromatic carbocycles. The maximum Gasteiger partial charge on any atom is 0.162 e. The Morgan fingerprint density at radius 3 is 2.75 bits per heavy atom. The van der Waals surface area contributed by atoms with Gasteiger partial charge in [-0.2, -0.15) is 9.61 Å². The van der Waals surface area contributed by atoms with Gasteiger partial charge in [-0.25, -0.2) is 9.97 Å². The first-order valence-electron chi connectivity index (χ1n) is 3.83. The Morgan fingerprint density at radius 1 is 1.25 bits per heavy atom. The Kier molecular flexibility index (Phi) is 1.36. The van der Waals surface area contributed by atoms with Crippen molar-refractivity contribution in [2.75, 3.05) is 0 Å². The first kappa shape index (κ1) is 7.21. The second-order valence-electron chi connectivity index (χ2n) is 2.86. The molecule has 0 aliphatic carbocycles. The molecule has 0 amide bonds. The average molecular weight is 162 g/mol. The Labute approximate surface area is 70.3 Å². The molecule has 0 radical (unpaired) electrons. The molecule has 0 N–H and O–H groups in total. The van der Waals surface area contributed by atoms with Crippen LogP contribution in [0.2, 0.25) is 0 Å².